The van der Waals surface area contributed by atoms with Crippen LogP contribution in [0.3, 0.4) is 0 Å². The zero-order valence-electron chi connectivity index (χ0n) is 15.7. The van der Waals surface area contributed by atoms with Gasteiger partial charge in [0.1, 0.15) is 0 Å². The molecule has 0 radical (unpaired) electrons. The second-order valence-corrected chi connectivity index (χ2v) is 6.77. The Morgan fingerprint density at radius 1 is 1.19 bits per heavy atom. The summed E-state index contributed by atoms with van der Waals surface area (Å²) in [6.45, 7) is 4.04. The van der Waals surface area contributed by atoms with Crippen LogP contribution in [0.1, 0.15) is 25.8 Å². The maximum absolute atomic E-state index is 13.0. The molecule has 3 aromatic rings. The Bertz CT molecular complexity index is 1140. The summed E-state index contributed by atoms with van der Waals surface area (Å²) < 4.78 is 4.17. The van der Waals surface area contributed by atoms with E-state index in [1.54, 1.807) is 42.9 Å². The number of aromatic nitrogens is 4. The minimum atomic E-state index is -0.430. The highest BCUT2D eigenvalue weighted by Gasteiger charge is 2.18. The molecule has 1 aromatic carbocycles. The van der Waals surface area contributed by atoms with Gasteiger partial charge in [0.15, 0.2) is 11.2 Å². The molecular formula is C18H21ClN6O2. The minimum absolute atomic E-state index is 0.152. The molecule has 0 spiro atoms. The Labute approximate surface area is 160 Å². The topological polar surface area (TPSA) is 86.2 Å². The van der Waals surface area contributed by atoms with E-state index in [0.29, 0.717) is 22.1 Å². The van der Waals surface area contributed by atoms with Gasteiger partial charge in [0.05, 0.1) is 6.54 Å². The van der Waals surface area contributed by atoms with Gasteiger partial charge in [-0.15, -0.1) is 0 Å². The van der Waals surface area contributed by atoms with Gasteiger partial charge in [-0.05, 0) is 31.0 Å². The van der Waals surface area contributed by atoms with Crippen molar-refractivity contribution >= 4 is 34.4 Å². The fourth-order valence-corrected chi connectivity index (χ4v) is 2.81. The Balaban J connectivity index is 2.14. The van der Waals surface area contributed by atoms with Gasteiger partial charge in [0.25, 0.3) is 5.56 Å². The second kappa shape index (κ2) is 7.40. The van der Waals surface area contributed by atoms with E-state index in [2.05, 4.69) is 15.5 Å². The average Bonchev–Trinajstić information content (AvgIpc) is 2.99. The second-order valence-electron chi connectivity index (χ2n) is 6.34. The van der Waals surface area contributed by atoms with Crippen LogP contribution >= 0.6 is 11.6 Å². The van der Waals surface area contributed by atoms with Crippen molar-refractivity contribution in [3.8, 4) is 0 Å². The molecule has 27 heavy (non-hydrogen) atoms. The van der Waals surface area contributed by atoms with Crippen molar-refractivity contribution in [1.29, 1.82) is 0 Å². The molecule has 9 heteroatoms. The molecule has 3 rings (SSSR count). The third-order valence-electron chi connectivity index (χ3n) is 4.47. The number of nitrogens with one attached hydrogen (secondary N) is 1. The first kappa shape index (κ1) is 18.9. The molecule has 2 heterocycles. The van der Waals surface area contributed by atoms with Crippen molar-refractivity contribution in [3.05, 3.63) is 55.7 Å². The van der Waals surface area contributed by atoms with Crippen LogP contribution in [0.5, 0.6) is 0 Å². The number of aryl methyl sites for hydroxylation is 2. The standard InChI is InChI=1S/C18H21ClN6O2/c1-5-11(2)21-22-17-20-15-14(23(17)3)16(26)25(18(27)24(15)4)10-12-6-8-13(19)9-7-12/h6-9H,5,10H2,1-4H3,(H,20,22). The normalized spacial score (nSPS) is 12.0. The van der Waals surface area contributed by atoms with Crippen molar-refractivity contribution in [2.24, 2.45) is 19.2 Å². The molecular weight excluding hydrogens is 368 g/mol. The predicted molar refractivity (Wildman–Crippen MR) is 108 cm³/mol. The molecule has 0 saturated heterocycles. The van der Waals surface area contributed by atoms with E-state index in [-0.39, 0.29) is 6.54 Å². The number of nitrogens with zero attached hydrogens (tertiary/aromatic N) is 5. The third kappa shape index (κ3) is 3.52. The zero-order chi connectivity index (χ0) is 19.7. The lowest BCUT2D eigenvalue weighted by Crippen LogP contribution is -2.39. The molecule has 1 N–H and O–H groups in total. The van der Waals surface area contributed by atoms with Crippen molar-refractivity contribution in [2.75, 3.05) is 5.43 Å². The average molecular weight is 389 g/mol. The fourth-order valence-electron chi connectivity index (χ4n) is 2.68. The monoisotopic (exact) mass is 388 g/mol. The lowest BCUT2D eigenvalue weighted by atomic mass is 10.2. The van der Waals surface area contributed by atoms with Gasteiger partial charge >= 0.3 is 5.69 Å². The number of fused-ring (bicyclic) bond motifs is 1. The van der Waals surface area contributed by atoms with Gasteiger partial charge in [0.2, 0.25) is 5.95 Å². The quantitative estimate of drug-likeness (QED) is 0.537. The highest BCUT2D eigenvalue weighted by Crippen LogP contribution is 2.14. The lowest BCUT2D eigenvalue weighted by Gasteiger charge is -2.09. The summed E-state index contributed by atoms with van der Waals surface area (Å²) in [6, 6.07) is 7.03. The van der Waals surface area contributed by atoms with Crippen LogP contribution in [-0.2, 0) is 20.6 Å². The largest absolute Gasteiger partial charge is 0.332 e. The third-order valence-corrected chi connectivity index (χ3v) is 4.72. The number of hydrogen-bond donors (Lipinski definition) is 1. The summed E-state index contributed by atoms with van der Waals surface area (Å²) in [4.78, 5) is 30.1. The van der Waals surface area contributed by atoms with Crippen molar-refractivity contribution < 1.29 is 0 Å². The summed E-state index contributed by atoms with van der Waals surface area (Å²) in [7, 11) is 3.31. The molecule has 0 bridgehead atoms. The van der Waals surface area contributed by atoms with Crippen LogP contribution in [0.15, 0.2) is 39.0 Å². The van der Waals surface area contributed by atoms with Crippen LogP contribution in [0.25, 0.3) is 11.2 Å². The molecule has 0 fully saturated rings. The van der Waals surface area contributed by atoms with Crippen molar-refractivity contribution in [2.45, 2.75) is 26.8 Å². The number of hydrogen-bond acceptors (Lipinski definition) is 5. The highest BCUT2D eigenvalue weighted by molar-refractivity contribution is 6.30. The molecule has 0 amide bonds. The van der Waals surface area contributed by atoms with Crippen LogP contribution in [-0.4, -0.2) is 24.4 Å². The first-order valence-electron chi connectivity index (χ1n) is 8.53. The van der Waals surface area contributed by atoms with E-state index in [1.807, 2.05) is 13.8 Å². The maximum atomic E-state index is 13.0. The fraction of sp³-hybridized carbons (Fsp3) is 0.333. The smallest absolute Gasteiger partial charge is 0.306 e. The molecule has 8 nitrogen and oxygen atoms in total. The van der Waals surface area contributed by atoms with Gasteiger partial charge in [-0.25, -0.2) is 10.2 Å². The lowest BCUT2D eigenvalue weighted by molar-refractivity contribution is 0.655. The minimum Gasteiger partial charge on any atom is -0.306 e. The van der Waals surface area contributed by atoms with Crippen LogP contribution in [0, 0.1) is 0 Å². The number of hydrazone groups is 1. The molecule has 0 aliphatic carbocycles. The number of rotatable bonds is 5. The van der Waals surface area contributed by atoms with Crippen LogP contribution in [0.4, 0.5) is 5.95 Å². The van der Waals surface area contributed by atoms with Crippen LogP contribution in [0.2, 0.25) is 5.02 Å². The summed E-state index contributed by atoms with van der Waals surface area (Å²) in [5.74, 6) is 0.397. The Morgan fingerprint density at radius 2 is 1.85 bits per heavy atom. The van der Waals surface area contributed by atoms with E-state index < -0.39 is 11.2 Å². The van der Waals surface area contributed by atoms with E-state index in [4.69, 9.17) is 11.6 Å². The molecule has 0 unspecified atom stereocenters. The van der Waals surface area contributed by atoms with Gasteiger partial charge in [0, 0.05) is 24.8 Å². The molecule has 0 aliphatic rings. The van der Waals surface area contributed by atoms with Crippen LogP contribution < -0.4 is 16.7 Å². The van der Waals surface area contributed by atoms with E-state index in [9.17, 15) is 9.59 Å². The molecule has 0 atom stereocenters. The maximum Gasteiger partial charge on any atom is 0.332 e. The van der Waals surface area contributed by atoms with Gasteiger partial charge in [-0.1, -0.05) is 30.7 Å². The first-order valence-corrected chi connectivity index (χ1v) is 8.91. The molecule has 2 aromatic heterocycles. The van der Waals surface area contributed by atoms with E-state index in [0.717, 1.165) is 17.7 Å². The first-order chi connectivity index (χ1) is 12.8. The van der Waals surface area contributed by atoms with Gasteiger partial charge in [-0.3, -0.25) is 13.9 Å². The zero-order valence-corrected chi connectivity index (χ0v) is 16.4. The number of anilines is 1. The number of halogens is 1. The number of imidazole rings is 1. The van der Waals surface area contributed by atoms with Crippen molar-refractivity contribution in [1.82, 2.24) is 18.7 Å². The van der Waals surface area contributed by atoms with E-state index in [1.165, 1.54) is 9.13 Å². The summed E-state index contributed by atoms with van der Waals surface area (Å²) >= 11 is 5.90. The molecule has 0 saturated carbocycles. The predicted octanol–water partition coefficient (Wildman–Crippen LogP) is 2.33. The summed E-state index contributed by atoms with van der Waals surface area (Å²) in [6.07, 6.45) is 0.795. The summed E-state index contributed by atoms with van der Waals surface area (Å²) in [5, 5.41) is 4.82. The number of benzene rings is 1. The highest BCUT2D eigenvalue weighted by atomic mass is 35.5. The Morgan fingerprint density at radius 3 is 2.48 bits per heavy atom. The Kier molecular flexibility index (Phi) is 5.18. The summed E-state index contributed by atoms with van der Waals surface area (Å²) in [5.41, 5.74) is 4.38. The van der Waals surface area contributed by atoms with Gasteiger partial charge in [-0.2, -0.15) is 10.1 Å². The Hall–Kier alpha value is -2.87. The molecule has 142 valence electrons. The molecule has 0 aliphatic heterocycles. The van der Waals surface area contributed by atoms with Gasteiger partial charge < -0.3 is 4.57 Å². The SMILES string of the molecule is CCC(C)=NNc1nc2c(c(=O)n(Cc3ccc(Cl)cc3)c(=O)n2C)n1C. The van der Waals surface area contributed by atoms with Crippen molar-refractivity contribution in [3.63, 3.8) is 0 Å². The van der Waals surface area contributed by atoms with E-state index >= 15 is 0 Å².